The first kappa shape index (κ1) is 18.1. The van der Waals surface area contributed by atoms with Crippen LogP contribution in [0.25, 0.3) is 0 Å². The van der Waals surface area contributed by atoms with E-state index < -0.39 is 0 Å². The van der Waals surface area contributed by atoms with Gasteiger partial charge in [-0.2, -0.15) is 0 Å². The summed E-state index contributed by atoms with van der Waals surface area (Å²) in [7, 11) is 0. The normalized spacial score (nSPS) is 17.1. The molecule has 1 aliphatic heterocycles. The Morgan fingerprint density at radius 2 is 2.13 bits per heavy atom. The van der Waals surface area contributed by atoms with E-state index in [-0.39, 0.29) is 12.0 Å². The molecule has 0 fully saturated rings. The van der Waals surface area contributed by atoms with E-state index in [0.29, 0.717) is 41.9 Å². The molecule has 2 rings (SSSR count). The van der Waals surface area contributed by atoms with Gasteiger partial charge in [-0.05, 0) is 25.0 Å². The third-order valence-corrected chi connectivity index (χ3v) is 4.47. The van der Waals surface area contributed by atoms with E-state index in [4.69, 9.17) is 28.0 Å². The molecule has 126 valence electrons. The second kappa shape index (κ2) is 8.02. The maximum Gasteiger partial charge on any atom is 0.222 e. The molecular formula is C17H22Cl2N2O2. The Bertz CT molecular complexity index is 602. The number of rotatable bonds is 6. The summed E-state index contributed by atoms with van der Waals surface area (Å²) in [5, 5.41) is 5.16. The first-order chi connectivity index (χ1) is 10.9. The van der Waals surface area contributed by atoms with Gasteiger partial charge in [-0.1, -0.05) is 48.3 Å². The second-order valence-electron chi connectivity index (χ2n) is 6.13. The summed E-state index contributed by atoms with van der Waals surface area (Å²) in [4.78, 5) is 19.5. The molecule has 0 saturated carbocycles. The highest BCUT2D eigenvalue weighted by Crippen LogP contribution is 2.25. The molecule has 1 unspecified atom stereocenters. The van der Waals surface area contributed by atoms with Crippen LogP contribution >= 0.6 is 23.2 Å². The van der Waals surface area contributed by atoms with E-state index in [1.807, 2.05) is 31.7 Å². The highest BCUT2D eigenvalue weighted by Gasteiger charge is 2.26. The van der Waals surface area contributed by atoms with E-state index in [0.717, 1.165) is 11.3 Å². The smallest absolute Gasteiger partial charge is 0.222 e. The summed E-state index contributed by atoms with van der Waals surface area (Å²) >= 11 is 12.0. The first-order valence-electron chi connectivity index (χ1n) is 7.86. The predicted octanol–water partition coefficient (Wildman–Crippen LogP) is 4.38. The molecule has 6 heteroatoms. The van der Waals surface area contributed by atoms with Gasteiger partial charge in [0, 0.05) is 24.9 Å². The van der Waals surface area contributed by atoms with Gasteiger partial charge < -0.3 is 9.74 Å². The van der Waals surface area contributed by atoms with Crippen molar-refractivity contribution in [3.63, 3.8) is 0 Å². The van der Waals surface area contributed by atoms with Gasteiger partial charge in [-0.3, -0.25) is 4.79 Å². The number of hydrogen-bond donors (Lipinski definition) is 0. The van der Waals surface area contributed by atoms with Gasteiger partial charge in [-0.25, -0.2) is 0 Å². The van der Waals surface area contributed by atoms with E-state index in [9.17, 15) is 4.79 Å². The number of amides is 1. The van der Waals surface area contributed by atoms with Crippen molar-refractivity contribution in [3.05, 3.63) is 33.8 Å². The summed E-state index contributed by atoms with van der Waals surface area (Å²) in [6, 6.07) is 5.41. The summed E-state index contributed by atoms with van der Waals surface area (Å²) in [5.74, 6) is 0.512. The molecule has 1 aliphatic rings. The van der Waals surface area contributed by atoms with E-state index >= 15 is 0 Å². The SMILES string of the molecule is CCN(CC1CC(c2ccc(Cl)c(Cl)c2)=NO1)C(=O)CC(C)C. The van der Waals surface area contributed by atoms with Crippen molar-refractivity contribution >= 4 is 34.8 Å². The molecule has 0 aromatic heterocycles. The Morgan fingerprint density at radius 1 is 1.39 bits per heavy atom. The number of halogens is 2. The quantitative estimate of drug-likeness (QED) is 0.758. The van der Waals surface area contributed by atoms with Gasteiger partial charge in [-0.15, -0.1) is 0 Å². The molecule has 1 aromatic rings. The van der Waals surface area contributed by atoms with Crippen LogP contribution in [-0.2, 0) is 9.63 Å². The fourth-order valence-electron chi connectivity index (χ4n) is 2.50. The second-order valence-corrected chi connectivity index (χ2v) is 6.94. The zero-order valence-corrected chi connectivity index (χ0v) is 15.2. The maximum absolute atomic E-state index is 12.2. The minimum atomic E-state index is -0.115. The number of carbonyl (C=O) groups excluding carboxylic acids is 1. The molecule has 0 bridgehead atoms. The van der Waals surface area contributed by atoms with Crippen LogP contribution in [0.15, 0.2) is 23.4 Å². The number of nitrogens with zero attached hydrogens (tertiary/aromatic N) is 2. The fourth-order valence-corrected chi connectivity index (χ4v) is 2.80. The van der Waals surface area contributed by atoms with Crippen LogP contribution in [0.5, 0.6) is 0 Å². The van der Waals surface area contributed by atoms with Gasteiger partial charge in [0.25, 0.3) is 0 Å². The Balaban J connectivity index is 1.95. The van der Waals surface area contributed by atoms with Crippen molar-refractivity contribution < 1.29 is 9.63 Å². The third kappa shape index (κ3) is 4.85. The molecule has 1 atom stereocenters. The molecule has 1 amide bonds. The number of oxime groups is 1. The average molecular weight is 357 g/mol. The predicted molar refractivity (Wildman–Crippen MR) is 94.2 cm³/mol. The van der Waals surface area contributed by atoms with E-state index in [1.165, 1.54) is 0 Å². The van der Waals surface area contributed by atoms with Crippen LogP contribution in [0.1, 0.15) is 39.2 Å². The number of hydrogen-bond acceptors (Lipinski definition) is 3. The number of likely N-dealkylation sites (N-methyl/N-ethyl adjacent to an activating group) is 1. The van der Waals surface area contributed by atoms with Crippen LogP contribution < -0.4 is 0 Å². The summed E-state index contributed by atoms with van der Waals surface area (Å²) in [6.07, 6.45) is 1.10. The van der Waals surface area contributed by atoms with Crippen LogP contribution in [0, 0.1) is 5.92 Å². The van der Waals surface area contributed by atoms with Crippen LogP contribution in [0.4, 0.5) is 0 Å². The Labute approximate surface area is 147 Å². The van der Waals surface area contributed by atoms with Gasteiger partial charge in [0.1, 0.15) is 0 Å². The molecule has 4 nitrogen and oxygen atoms in total. The molecule has 1 aromatic carbocycles. The summed E-state index contributed by atoms with van der Waals surface area (Å²) in [5.41, 5.74) is 1.74. The van der Waals surface area contributed by atoms with Crippen molar-refractivity contribution in [2.45, 2.75) is 39.7 Å². The minimum Gasteiger partial charge on any atom is -0.390 e. The van der Waals surface area contributed by atoms with Crippen molar-refractivity contribution in [2.75, 3.05) is 13.1 Å². The highest BCUT2D eigenvalue weighted by atomic mass is 35.5. The lowest BCUT2D eigenvalue weighted by Gasteiger charge is -2.24. The molecule has 0 spiro atoms. The van der Waals surface area contributed by atoms with Crippen LogP contribution in [0.3, 0.4) is 0 Å². The lowest BCUT2D eigenvalue weighted by Crippen LogP contribution is -2.38. The lowest BCUT2D eigenvalue weighted by atomic mass is 10.0. The van der Waals surface area contributed by atoms with E-state index in [2.05, 4.69) is 5.16 Å². The summed E-state index contributed by atoms with van der Waals surface area (Å²) in [6.45, 7) is 7.30. The fraction of sp³-hybridized carbons (Fsp3) is 0.529. The van der Waals surface area contributed by atoms with E-state index in [1.54, 1.807) is 12.1 Å². The molecule has 0 N–H and O–H groups in total. The molecule has 0 saturated heterocycles. The third-order valence-electron chi connectivity index (χ3n) is 3.73. The Kier molecular flexibility index (Phi) is 6.31. The number of carbonyl (C=O) groups is 1. The van der Waals surface area contributed by atoms with Gasteiger partial charge in [0.2, 0.25) is 5.91 Å². The average Bonchev–Trinajstić information content (AvgIpc) is 2.95. The lowest BCUT2D eigenvalue weighted by molar-refractivity contribution is -0.133. The Hall–Kier alpha value is -1.26. The van der Waals surface area contributed by atoms with Gasteiger partial charge in [0.05, 0.1) is 22.3 Å². The maximum atomic E-state index is 12.2. The van der Waals surface area contributed by atoms with Crippen molar-refractivity contribution in [3.8, 4) is 0 Å². The molecule has 0 aliphatic carbocycles. The highest BCUT2D eigenvalue weighted by molar-refractivity contribution is 6.42. The van der Waals surface area contributed by atoms with Crippen LogP contribution in [0.2, 0.25) is 10.0 Å². The first-order valence-corrected chi connectivity index (χ1v) is 8.62. The minimum absolute atomic E-state index is 0.115. The van der Waals surface area contributed by atoms with Crippen molar-refractivity contribution in [2.24, 2.45) is 11.1 Å². The van der Waals surface area contributed by atoms with Crippen molar-refractivity contribution in [1.82, 2.24) is 4.90 Å². The van der Waals surface area contributed by atoms with Crippen LogP contribution in [-0.4, -0.2) is 35.7 Å². The monoisotopic (exact) mass is 356 g/mol. The molecule has 23 heavy (non-hydrogen) atoms. The molecule has 1 heterocycles. The standard InChI is InChI=1S/C17H22Cl2N2O2/c1-4-21(17(22)7-11(2)3)10-13-9-16(20-23-13)12-5-6-14(18)15(19)8-12/h5-6,8,11,13H,4,7,9-10H2,1-3H3. The summed E-state index contributed by atoms with van der Waals surface area (Å²) < 4.78 is 0. The topological polar surface area (TPSA) is 41.9 Å². The zero-order chi connectivity index (χ0) is 17.0. The van der Waals surface area contributed by atoms with Crippen molar-refractivity contribution in [1.29, 1.82) is 0 Å². The van der Waals surface area contributed by atoms with Gasteiger partial charge in [0.15, 0.2) is 6.10 Å². The number of benzene rings is 1. The Morgan fingerprint density at radius 3 is 2.74 bits per heavy atom. The molecular weight excluding hydrogens is 335 g/mol. The molecule has 0 radical (unpaired) electrons. The largest absolute Gasteiger partial charge is 0.390 e. The van der Waals surface area contributed by atoms with Gasteiger partial charge >= 0.3 is 0 Å². The zero-order valence-electron chi connectivity index (χ0n) is 13.7.